The van der Waals surface area contributed by atoms with Crippen LogP contribution >= 0.6 is 23.2 Å². The van der Waals surface area contributed by atoms with E-state index in [9.17, 15) is 0 Å². The second-order valence-corrected chi connectivity index (χ2v) is 5.52. The lowest BCUT2D eigenvalue weighted by atomic mass is 9.89. The summed E-state index contributed by atoms with van der Waals surface area (Å²) >= 11 is 12.2. The Labute approximate surface area is 121 Å². The van der Waals surface area contributed by atoms with Crippen molar-refractivity contribution in [1.82, 2.24) is 5.32 Å². The fourth-order valence-electron chi connectivity index (χ4n) is 2.45. The predicted octanol–water partition coefficient (Wildman–Crippen LogP) is 4.95. The van der Waals surface area contributed by atoms with Gasteiger partial charge >= 0.3 is 0 Å². The topological polar surface area (TPSA) is 12.0 Å². The van der Waals surface area contributed by atoms with Crippen LogP contribution < -0.4 is 5.32 Å². The van der Waals surface area contributed by atoms with E-state index in [0.717, 1.165) is 18.0 Å². The summed E-state index contributed by atoms with van der Waals surface area (Å²) in [5.74, 6) is 0.691. The third kappa shape index (κ3) is 4.46. The van der Waals surface area contributed by atoms with E-state index in [4.69, 9.17) is 23.2 Å². The first-order valence-corrected chi connectivity index (χ1v) is 7.55. The van der Waals surface area contributed by atoms with E-state index in [1.807, 2.05) is 18.2 Å². The van der Waals surface area contributed by atoms with Crippen molar-refractivity contribution in [1.29, 1.82) is 0 Å². The Morgan fingerprint density at radius 3 is 2.28 bits per heavy atom. The maximum atomic E-state index is 6.25. The predicted molar refractivity (Wildman–Crippen MR) is 81.7 cm³/mol. The van der Waals surface area contributed by atoms with Crippen LogP contribution in [0.15, 0.2) is 18.2 Å². The van der Waals surface area contributed by atoms with E-state index in [0.29, 0.717) is 17.0 Å². The van der Waals surface area contributed by atoms with Crippen molar-refractivity contribution in [3.05, 3.63) is 33.8 Å². The van der Waals surface area contributed by atoms with Crippen LogP contribution in [0.3, 0.4) is 0 Å². The van der Waals surface area contributed by atoms with Gasteiger partial charge in [-0.05, 0) is 36.6 Å². The molecule has 1 nitrogen and oxygen atoms in total. The number of hydrogen-bond donors (Lipinski definition) is 1. The first kappa shape index (κ1) is 15.8. The summed E-state index contributed by atoms with van der Waals surface area (Å²) in [7, 11) is 0. The molecule has 0 bridgehead atoms. The fraction of sp³-hybridized carbons (Fsp3) is 0.600. The van der Waals surface area contributed by atoms with Crippen LogP contribution in [0, 0.1) is 5.92 Å². The van der Waals surface area contributed by atoms with Crippen LogP contribution in [0.4, 0.5) is 0 Å². The summed E-state index contributed by atoms with van der Waals surface area (Å²) in [4.78, 5) is 0. The highest BCUT2D eigenvalue weighted by molar-refractivity contribution is 6.35. The first-order valence-electron chi connectivity index (χ1n) is 6.79. The summed E-state index contributed by atoms with van der Waals surface area (Å²) in [6.07, 6.45) is 3.36. The van der Waals surface area contributed by atoms with E-state index < -0.39 is 0 Å². The average molecular weight is 288 g/mol. The van der Waals surface area contributed by atoms with Gasteiger partial charge in [-0.15, -0.1) is 0 Å². The molecule has 1 rings (SSSR count). The normalized spacial score (nSPS) is 13.0. The Balaban J connectivity index is 2.82. The highest BCUT2D eigenvalue weighted by Gasteiger charge is 2.18. The maximum Gasteiger partial charge on any atom is 0.0453 e. The van der Waals surface area contributed by atoms with Gasteiger partial charge < -0.3 is 5.32 Å². The Kier molecular flexibility index (Phi) is 7.06. The van der Waals surface area contributed by atoms with Gasteiger partial charge in [-0.2, -0.15) is 0 Å². The molecule has 0 saturated carbocycles. The molecule has 0 aliphatic rings. The molecule has 18 heavy (non-hydrogen) atoms. The molecule has 0 heterocycles. The molecular weight excluding hydrogens is 265 g/mol. The van der Waals surface area contributed by atoms with Gasteiger partial charge in [-0.3, -0.25) is 0 Å². The molecule has 0 fully saturated rings. The number of halogens is 2. The zero-order valence-electron chi connectivity index (χ0n) is 11.5. The highest BCUT2D eigenvalue weighted by Crippen LogP contribution is 2.25. The van der Waals surface area contributed by atoms with Crippen LogP contribution in [-0.4, -0.2) is 12.6 Å². The third-order valence-electron chi connectivity index (χ3n) is 3.54. The lowest BCUT2D eigenvalue weighted by molar-refractivity contribution is 0.337. The quantitative estimate of drug-likeness (QED) is 0.748. The van der Waals surface area contributed by atoms with Crippen molar-refractivity contribution >= 4 is 23.2 Å². The maximum absolute atomic E-state index is 6.25. The van der Waals surface area contributed by atoms with Gasteiger partial charge in [0.2, 0.25) is 0 Å². The molecule has 3 heteroatoms. The largest absolute Gasteiger partial charge is 0.314 e. The SMILES string of the molecule is CCNC(Cc1ccc(Cl)cc1Cl)C(CC)CC. The van der Waals surface area contributed by atoms with Crippen LogP contribution in [-0.2, 0) is 6.42 Å². The molecule has 1 unspecified atom stereocenters. The summed E-state index contributed by atoms with van der Waals surface area (Å²) in [5, 5.41) is 5.06. The molecule has 0 aliphatic carbocycles. The molecule has 0 aliphatic heterocycles. The zero-order chi connectivity index (χ0) is 13.5. The van der Waals surface area contributed by atoms with E-state index in [1.54, 1.807) is 0 Å². The molecule has 1 N–H and O–H groups in total. The molecule has 0 aromatic heterocycles. The average Bonchev–Trinajstić information content (AvgIpc) is 2.34. The molecule has 0 amide bonds. The minimum absolute atomic E-state index is 0.490. The van der Waals surface area contributed by atoms with Crippen molar-refractivity contribution in [2.75, 3.05) is 6.54 Å². The van der Waals surface area contributed by atoms with Gasteiger partial charge in [0.15, 0.2) is 0 Å². The molecule has 0 spiro atoms. The summed E-state index contributed by atoms with van der Waals surface area (Å²) < 4.78 is 0. The number of nitrogens with one attached hydrogen (secondary N) is 1. The minimum atomic E-state index is 0.490. The van der Waals surface area contributed by atoms with E-state index in [2.05, 4.69) is 26.1 Å². The van der Waals surface area contributed by atoms with Crippen LogP contribution in [0.25, 0.3) is 0 Å². The Morgan fingerprint density at radius 2 is 1.78 bits per heavy atom. The van der Waals surface area contributed by atoms with Crippen molar-refractivity contribution in [3.8, 4) is 0 Å². The molecule has 1 atom stereocenters. The van der Waals surface area contributed by atoms with Crippen LogP contribution in [0.5, 0.6) is 0 Å². The number of rotatable bonds is 7. The van der Waals surface area contributed by atoms with Crippen molar-refractivity contribution in [2.45, 2.75) is 46.1 Å². The van der Waals surface area contributed by atoms with E-state index >= 15 is 0 Å². The summed E-state index contributed by atoms with van der Waals surface area (Å²) in [5.41, 5.74) is 1.18. The molecule has 0 radical (unpaired) electrons. The Hall–Kier alpha value is -0.240. The van der Waals surface area contributed by atoms with E-state index in [-0.39, 0.29) is 0 Å². The highest BCUT2D eigenvalue weighted by atomic mass is 35.5. The van der Waals surface area contributed by atoms with Gasteiger partial charge in [0, 0.05) is 16.1 Å². The second-order valence-electron chi connectivity index (χ2n) is 4.68. The summed E-state index contributed by atoms with van der Waals surface area (Å²) in [6.45, 7) is 7.65. The van der Waals surface area contributed by atoms with Gasteiger partial charge in [-0.1, -0.05) is 62.9 Å². The minimum Gasteiger partial charge on any atom is -0.314 e. The van der Waals surface area contributed by atoms with Crippen molar-refractivity contribution < 1.29 is 0 Å². The molecule has 0 saturated heterocycles. The lowest BCUT2D eigenvalue weighted by Crippen LogP contribution is -2.37. The number of hydrogen-bond acceptors (Lipinski definition) is 1. The van der Waals surface area contributed by atoms with Crippen molar-refractivity contribution in [3.63, 3.8) is 0 Å². The van der Waals surface area contributed by atoms with Crippen LogP contribution in [0.2, 0.25) is 10.0 Å². The standard InChI is InChI=1S/C15H23Cl2N/c1-4-11(5-2)15(18-6-3)9-12-7-8-13(16)10-14(12)17/h7-8,10-11,15,18H,4-6,9H2,1-3H3. The van der Waals surface area contributed by atoms with Crippen molar-refractivity contribution in [2.24, 2.45) is 5.92 Å². The van der Waals surface area contributed by atoms with Crippen LogP contribution in [0.1, 0.15) is 39.2 Å². The summed E-state index contributed by atoms with van der Waals surface area (Å²) in [6, 6.07) is 6.27. The van der Waals surface area contributed by atoms with Gasteiger partial charge in [0.05, 0.1) is 0 Å². The van der Waals surface area contributed by atoms with E-state index in [1.165, 1.54) is 18.4 Å². The first-order chi connectivity index (χ1) is 8.62. The number of benzene rings is 1. The molecule has 102 valence electrons. The second kappa shape index (κ2) is 8.04. The molecule has 1 aromatic carbocycles. The zero-order valence-corrected chi connectivity index (χ0v) is 13.0. The smallest absolute Gasteiger partial charge is 0.0453 e. The van der Waals surface area contributed by atoms with Gasteiger partial charge in [-0.25, -0.2) is 0 Å². The third-order valence-corrected chi connectivity index (χ3v) is 4.13. The lowest BCUT2D eigenvalue weighted by Gasteiger charge is -2.26. The Morgan fingerprint density at radius 1 is 1.11 bits per heavy atom. The fourth-order valence-corrected chi connectivity index (χ4v) is 2.94. The van der Waals surface area contributed by atoms with Gasteiger partial charge in [0.25, 0.3) is 0 Å². The van der Waals surface area contributed by atoms with Gasteiger partial charge in [0.1, 0.15) is 0 Å². The Bertz CT molecular complexity index is 362. The monoisotopic (exact) mass is 287 g/mol. The number of likely N-dealkylation sites (N-methyl/N-ethyl adjacent to an activating group) is 1. The molecular formula is C15H23Cl2N. The molecule has 1 aromatic rings.